The van der Waals surface area contributed by atoms with E-state index in [1.54, 1.807) is 18.2 Å². The maximum atomic E-state index is 12.8. The maximum Gasteiger partial charge on any atom is 0.243 e. The SMILES string of the molecule is O=C(NCC1CCCCC1)C1CCCN(S(=O)(=O)c2cccc(Cl)c2)C1. The molecular formula is C19H27ClN2O3S. The van der Waals surface area contributed by atoms with E-state index < -0.39 is 10.0 Å². The molecule has 0 spiro atoms. The van der Waals surface area contributed by atoms with Crippen molar-refractivity contribution < 1.29 is 13.2 Å². The molecule has 3 rings (SSSR count). The predicted molar refractivity (Wildman–Crippen MR) is 103 cm³/mol. The molecule has 1 amide bonds. The van der Waals surface area contributed by atoms with Gasteiger partial charge in [-0.3, -0.25) is 4.79 Å². The molecule has 1 atom stereocenters. The van der Waals surface area contributed by atoms with Crippen LogP contribution in [0.4, 0.5) is 0 Å². The maximum absolute atomic E-state index is 12.8. The summed E-state index contributed by atoms with van der Waals surface area (Å²) in [5.41, 5.74) is 0. The lowest BCUT2D eigenvalue weighted by Gasteiger charge is -2.31. The molecule has 1 heterocycles. The molecular weight excluding hydrogens is 372 g/mol. The Morgan fingerprint density at radius 3 is 2.65 bits per heavy atom. The minimum absolute atomic E-state index is 0.0124. The Balaban J connectivity index is 1.60. The number of piperidine rings is 1. The molecule has 1 aliphatic carbocycles. The van der Waals surface area contributed by atoms with Crippen molar-refractivity contribution in [1.29, 1.82) is 0 Å². The molecule has 2 fully saturated rings. The summed E-state index contributed by atoms with van der Waals surface area (Å²) in [7, 11) is -3.62. The molecule has 1 aromatic carbocycles. The Bertz CT molecular complexity index is 732. The van der Waals surface area contributed by atoms with Gasteiger partial charge in [-0.1, -0.05) is 36.9 Å². The molecule has 1 aromatic rings. The number of amides is 1. The van der Waals surface area contributed by atoms with E-state index in [1.807, 2.05) is 0 Å². The molecule has 144 valence electrons. The molecule has 0 aromatic heterocycles. The van der Waals surface area contributed by atoms with Crippen molar-refractivity contribution in [3.8, 4) is 0 Å². The van der Waals surface area contributed by atoms with Crippen LogP contribution >= 0.6 is 11.6 Å². The minimum Gasteiger partial charge on any atom is -0.356 e. The molecule has 26 heavy (non-hydrogen) atoms. The van der Waals surface area contributed by atoms with Crippen LogP contribution in [0.3, 0.4) is 0 Å². The quantitative estimate of drug-likeness (QED) is 0.826. The molecule has 2 aliphatic rings. The van der Waals surface area contributed by atoms with Gasteiger partial charge in [0.25, 0.3) is 0 Å². The predicted octanol–water partition coefficient (Wildman–Crippen LogP) is 3.44. The largest absolute Gasteiger partial charge is 0.356 e. The summed E-state index contributed by atoms with van der Waals surface area (Å²) in [6.07, 6.45) is 7.58. The Morgan fingerprint density at radius 2 is 1.92 bits per heavy atom. The van der Waals surface area contributed by atoms with E-state index in [-0.39, 0.29) is 23.3 Å². The van der Waals surface area contributed by atoms with E-state index in [0.717, 1.165) is 13.0 Å². The highest BCUT2D eigenvalue weighted by Gasteiger charge is 2.33. The first kappa shape index (κ1) is 19.6. The molecule has 1 saturated carbocycles. The van der Waals surface area contributed by atoms with Gasteiger partial charge in [0.05, 0.1) is 10.8 Å². The number of nitrogens with zero attached hydrogens (tertiary/aromatic N) is 1. The molecule has 5 nitrogen and oxygen atoms in total. The van der Waals surface area contributed by atoms with E-state index in [0.29, 0.717) is 23.9 Å². The van der Waals surface area contributed by atoms with Crippen LogP contribution in [-0.2, 0) is 14.8 Å². The lowest BCUT2D eigenvalue weighted by Crippen LogP contribution is -2.46. The van der Waals surface area contributed by atoms with Crippen molar-refractivity contribution in [3.63, 3.8) is 0 Å². The zero-order valence-corrected chi connectivity index (χ0v) is 16.6. The fraction of sp³-hybridized carbons (Fsp3) is 0.632. The molecule has 0 radical (unpaired) electrons. The third-order valence-electron chi connectivity index (χ3n) is 5.48. The second-order valence-corrected chi connectivity index (χ2v) is 9.78. The second-order valence-electron chi connectivity index (χ2n) is 7.41. The summed E-state index contributed by atoms with van der Waals surface area (Å²) in [5, 5.41) is 3.45. The fourth-order valence-electron chi connectivity index (χ4n) is 3.93. The second kappa shape index (κ2) is 8.72. The lowest BCUT2D eigenvalue weighted by molar-refractivity contribution is -0.126. The van der Waals surface area contributed by atoms with Crippen molar-refractivity contribution >= 4 is 27.5 Å². The molecule has 1 saturated heterocycles. The van der Waals surface area contributed by atoms with Gasteiger partial charge in [-0.25, -0.2) is 8.42 Å². The van der Waals surface area contributed by atoms with Crippen LogP contribution in [0, 0.1) is 11.8 Å². The summed E-state index contributed by atoms with van der Waals surface area (Å²) in [5.74, 6) is 0.283. The summed E-state index contributed by atoms with van der Waals surface area (Å²) >= 11 is 5.94. The third-order valence-corrected chi connectivity index (χ3v) is 7.57. The van der Waals surface area contributed by atoms with Crippen LogP contribution in [0.5, 0.6) is 0 Å². The Morgan fingerprint density at radius 1 is 1.15 bits per heavy atom. The van der Waals surface area contributed by atoms with Crippen LogP contribution in [0.1, 0.15) is 44.9 Å². The van der Waals surface area contributed by atoms with Gasteiger partial charge in [0.2, 0.25) is 15.9 Å². The van der Waals surface area contributed by atoms with Crippen LogP contribution in [0.25, 0.3) is 0 Å². The van der Waals surface area contributed by atoms with Crippen LogP contribution in [0.2, 0.25) is 5.02 Å². The number of hydrogen-bond donors (Lipinski definition) is 1. The van der Waals surface area contributed by atoms with E-state index in [4.69, 9.17) is 11.6 Å². The third kappa shape index (κ3) is 4.78. The van der Waals surface area contributed by atoms with Crippen molar-refractivity contribution in [2.75, 3.05) is 19.6 Å². The Labute approximate surface area is 161 Å². The fourth-order valence-corrected chi connectivity index (χ4v) is 5.76. The zero-order chi connectivity index (χ0) is 18.6. The number of carbonyl (C=O) groups excluding carboxylic acids is 1. The minimum atomic E-state index is -3.62. The first-order chi connectivity index (χ1) is 12.5. The highest BCUT2D eigenvalue weighted by molar-refractivity contribution is 7.89. The number of benzene rings is 1. The summed E-state index contributed by atoms with van der Waals surface area (Å²) in [6, 6.07) is 6.30. The van der Waals surface area contributed by atoms with Gasteiger partial charge in [-0.05, 0) is 49.8 Å². The van der Waals surface area contributed by atoms with Crippen LogP contribution < -0.4 is 5.32 Å². The van der Waals surface area contributed by atoms with Gasteiger partial charge in [0, 0.05) is 24.7 Å². The monoisotopic (exact) mass is 398 g/mol. The zero-order valence-electron chi connectivity index (χ0n) is 15.0. The van der Waals surface area contributed by atoms with E-state index in [9.17, 15) is 13.2 Å². The number of sulfonamides is 1. The van der Waals surface area contributed by atoms with Gasteiger partial charge in [-0.2, -0.15) is 4.31 Å². The number of hydrogen-bond acceptors (Lipinski definition) is 3. The van der Waals surface area contributed by atoms with Crippen molar-refractivity contribution in [3.05, 3.63) is 29.3 Å². The van der Waals surface area contributed by atoms with Gasteiger partial charge in [-0.15, -0.1) is 0 Å². The molecule has 1 N–H and O–H groups in total. The van der Waals surface area contributed by atoms with E-state index in [2.05, 4.69) is 5.32 Å². The summed E-state index contributed by atoms with van der Waals surface area (Å²) in [4.78, 5) is 12.7. The van der Waals surface area contributed by atoms with Crippen molar-refractivity contribution in [1.82, 2.24) is 9.62 Å². The Hall–Kier alpha value is -1.11. The average molecular weight is 399 g/mol. The molecule has 7 heteroatoms. The number of rotatable bonds is 5. The standard InChI is InChI=1S/C19H27ClN2O3S/c20-17-9-4-10-18(12-17)26(24,25)22-11-5-8-16(14-22)19(23)21-13-15-6-2-1-3-7-15/h4,9-10,12,15-16H,1-3,5-8,11,13-14H2,(H,21,23). The normalized spacial score (nSPS) is 22.9. The summed E-state index contributed by atoms with van der Waals surface area (Å²) < 4.78 is 27.1. The van der Waals surface area contributed by atoms with Crippen molar-refractivity contribution in [2.45, 2.75) is 49.8 Å². The highest BCUT2D eigenvalue weighted by Crippen LogP contribution is 2.26. The van der Waals surface area contributed by atoms with Crippen LogP contribution in [0.15, 0.2) is 29.2 Å². The first-order valence-corrected chi connectivity index (χ1v) is 11.3. The van der Waals surface area contributed by atoms with Gasteiger partial charge < -0.3 is 5.32 Å². The van der Waals surface area contributed by atoms with Crippen molar-refractivity contribution in [2.24, 2.45) is 11.8 Å². The van der Waals surface area contributed by atoms with Gasteiger partial charge in [0.1, 0.15) is 0 Å². The average Bonchev–Trinajstić information content (AvgIpc) is 2.67. The number of carbonyl (C=O) groups is 1. The van der Waals surface area contributed by atoms with Gasteiger partial charge in [0.15, 0.2) is 0 Å². The molecule has 1 unspecified atom stereocenters. The summed E-state index contributed by atoms with van der Waals surface area (Å²) in [6.45, 7) is 1.41. The first-order valence-electron chi connectivity index (χ1n) is 9.50. The number of nitrogens with one attached hydrogen (secondary N) is 1. The molecule has 1 aliphatic heterocycles. The van der Waals surface area contributed by atoms with E-state index in [1.165, 1.54) is 42.5 Å². The smallest absolute Gasteiger partial charge is 0.243 e. The van der Waals surface area contributed by atoms with Gasteiger partial charge >= 0.3 is 0 Å². The van der Waals surface area contributed by atoms with Crippen LogP contribution in [-0.4, -0.2) is 38.3 Å². The topological polar surface area (TPSA) is 66.5 Å². The highest BCUT2D eigenvalue weighted by atomic mass is 35.5. The number of halogens is 1. The molecule has 0 bridgehead atoms. The van der Waals surface area contributed by atoms with E-state index >= 15 is 0 Å². The Kier molecular flexibility index (Phi) is 6.59. The lowest BCUT2D eigenvalue weighted by atomic mass is 9.89.